The van der Waals surface area contributed by atoms with Crippen molar-refractivity contribution >= 4 is 5.91 Å². The molecule has 1 heterocycles. The summed E-state index contributed by atoms with van der Waals surface area (Å²) in [5.41, 5.74) is 0. The first kappa shape index (κ1) is 50.6. The van der Waals surface area contributed by atoms with Crippen molar-refractivity contribution in [2.24, 2.45) is 0 Å². The SMILES string of the molecule is CCCCC/C=C\C/C=C\C/C=C\CCCCCCCCC(=O)NC(COC1OC(CO)C(O)C(O)C1O)C(O)/C=C/CC/C=C/CC/C=C/CCCCC. The molecular weight excluding hydrogens is 695 g/mol. The smallest absolute Gasteiger partial charge is 0.220 e. The van der Waals surface area contributed by atoms with Gasteiger partial charge in [0.25, 0.3) is 0 Å². The van der Waals surface area contributed by atoms with Crippen molar-refractivity contribution in [3.63, 3.8) is 0 Å². The second kappa shape index (κ2) is 36.0. The number of hydrogen-bond donors (Lipinski definition) is 6. The zero-order valence-corrected chi connectivity index (χ0v) is 34.4. The minimum Gasteiger partial charge on any atom is -0.394 e. The van der Waals surface area contributed by atoms with Crippen LogP contribution in [0.5, 0.6) is 0 Å². The summed E-state index contributed by atoms with van der Waals surface area (Å²) in [5, 5.41) is 54.0. The van der Waals surface area contributed by atoms with Gasteiger partial charge in [-0.25, -0.2) is 0 Å². The molecular formula is C46H79NO8. The average Bonchev–Trinajstić information content (AvgIpc) is 3.18. The molecule has 0 spiro atoms. The predicted molar refractivity (Wildman–Crippen MR) is 225 cm³/mol. The molecule has 1 saturated heterocycles. The Balaban J connectivity index is 2.42. The Morgan fingerprint density at radius 2 is 1.09 bits per heavy atom. The number of unbranched alkanes of at least 4 members (excludes halogenated alkanes) is 14. The molecule has 9 heteroatoms. The van der Waals surface area contributed by atoms with E-state index in [1.165, 1.54) is 44.9 Å². The molecule has 7 atom stereocenters. The number of carbonyl (C=O) groups excluding carboxylic acids is 1. The molecule has 1 rings (SSSR count). The minimum absolute atomic E-state index is 0.209. The maximum absolute atomic E-state index is 12.9. The first-order valence-corrected chi connectivity index (χ1v) is 21.7. The van der Waals surface area contributed by atoms with Gasteiger partial charge >= 0.3 is 0 Å². The third-order valence-corrected chi connectivity index (χ3v) is 9.73. The van der Waals surface area contributed by atoms with E-state index < -0.39 is 49.5 Å². The Morgan fingerprint density at radius 1 is 0.618 bits per heavy atom. The Kier molecular flexibility index (Phi) is 33.2. The van der Waals surface area contributed by atoms with Gasteiger partial charge in [0.15, 0.2) is 6.29 Å². The van der Waals surface area contributed by atoms with Gasteiger partial charge in [-0.2, -0.15) is 0 Å². The topological polar surface area (TPSA) is 149 Å². The highest BCUT2D eigenvalue weighted by Gasteiger charge is 2.44. The van der Waals surface area contributed by atoms with Gasteiger partial charge in [0.2, 0.25) is 5.91 Å². The Bertz CT molecular complexity index is 1080. The maximum atomic E-state index is 12.9. The molecule has 55 heavy (non-hydrogen) atoms. The summed E-state index contributed by atoms with van der Waals surface area (Å²) >= 11 is 0. The zero-order valence-electron chi connectivity index (χ0n) is 34.4. The first-order chi connectivity index (χ1) is 26.8. The van der Waals surface area contributed by atoms with Gasteiger partial charge in [0.1, 0.15) is 24.4 Å². The summed E-state index contributed by atoms with van der Waals surface area (Å²) in [4.78, 5) is 12.9. The molecule has 0 aliphatic carbocycles. The summed E-state index contributed by atoms with van der Waals surface area (Å²) in [7, 11) is 0. The quantitative estimate of drug-likeness (QED) is 0.0281. The fourth-order valence-electron chi connectivity index (χ4n) is 6.19. The molecule has 7 unspecified atom stereocenters. The second-order valence-corrected chi connectivity index (χ2v) is 14.8. The van der Waals surface area contributed by atoms with Gasteiger partial charge < -0.3 is 40.3 Å². The monoisotopic (exact) mass is 774 g/mol. The second-order valence-electron chi connectivity index (χ2n) is 14.8. The lowest BCUT2D eigenvalue weighted by molar-refractivity contribution is -0.302. The molecule has 316 valence electrons. The van der Waals surface area contributed by atoms with Crippen LogP contribution >= 0.6 is 0 Å². The summed E-state index contributed by atoms with van der Waals surface area (Å²) in [6.45, 7) is 3.65. The van der Waals surface area contributed by atoms with Gasteiger partial charge in [-0.15, -0.1) is 0 Å². The third-order valence-electron chi connectivity index (χ3n) is 9.73. The van der Waals surface area contributed by atoms with Crippen LogP contribution in [0.15, 0.2) is 72.9 Å². The van der Waals surface area contributed by atoms with Gasteiger partial charge in [0.05, 0.1) is 25.4 Å². The van der Waals surface area contributed by atoms with E-state index in [0.29, 0.717) is 6.42 Å². The molecule has 0 bridgehead atoms. The van der Waals surface area contributed by atoms with E-state index in [4.69, 9.17) is 9.47 Å². The minimum atomic E-state index is -1.58. The van der Waals surface area contributed by atoms with E-state index in [-0.39, 0.29) is 12.5 Å². The number of amides is 1. The van der Waals surface area contributed by atoms with Crippen molar-refractivity contribution in [3.8, 4) is 0 Å². The molecule has 0 radical (unpaired) electrons. The number of nitrogens with one attached hydrogen (secondary N) is 1. The van der Waals surface area contributed by atoms with Crippen LogP contribution in [0.1, 0.15) is 155 Å². The standard InChI is InChI=1S/C46H79NO8/c1-3-5-7-9-11-13-15-17-18-19-20-21-22-24-26-28-30-32-34-36-42(50)47-39(38-54-46-45(53)44(52)43(51)41(37-48)55-46)40(49)35-33-31-29-27-25-23-16-14-12-10-8-6-4-2/h11-14,17-18,20-21,25,27,33,35,39-41,43-46,48-49,51-53H,3-10,15-16,19,22-24,26,28-32,34,36-38H2,1-2H3,(H,47,50)/b13-11-,14-12+,18-17-,21-20-,27-25+,35-33+. The highest BCUT2D eigenvalue weighted by molar-refractivity contribution is 5.76. The molecule has 1 aliphatic heterocycles. The van der Waals surface area contributed by atoms with Crippen molar-refractivity contribution in [1.82, 2.24) is 5.32 Å². The van der Waals surface area contributed by atoms with Crippen LogP contribution in [-0.4, -0.2) is 87.5 Å². The number of aliphatic hydroxyl groups excluding tert-OH is 5. The van der Waals surface area contributed by atoms with Gasteiger partial charge in [-0.3, -0.25) is 4.79 Å². The Hall–Kier alpha value is -2.37. The van der Waals surface area contributed by atoms with Gasteiger partial charge in [-0.1, -0.05) is 138 Å². The Morgan fingerprint density at radius 3 is 1.65 bits per heavy atom. The summed E-state index contributed by atoms with van der Waals surface area (Å²) in [5.74, 6) is -0.209. The van der Waals surface area contributed by atoms with Crippen LogP contribution < -0.4 is 5.32 Å². The lowest BCUT2D eigenvalue weighted by Crippen LogP contribution is -2.60. The number of aliphatic hydroxyl groups is 5. The third kappa shape index (κ3) is 27.0. The number of rotatable bonds is 34. The van der Waals surface area contributed by atoms with E-state index in [2.05, 4.69) is 79.9 Å². The summed E-state index contributed by atoms with van der Waals surface area (Å²) in [6, 6.07) is -0.837. The van der Waals surface area contributed by atoms with Crippen molar-refractivity contribution < 1.29 is 39.8 Å². The van der Waals surface area contributed by atoms with E-state index >= 15 is 0 Å². The molecule has 0 saturated carbocycles. The van der Waals surface area contributed by atoms with Crippen LogP contribution in [0.3, 0.4) is 0 Å². The maximum Gasteiger partial charge on any atom is 0.220 e. The number of carbonyl (C=O) groups is 1. The fraction of sp³-hybridized carbons (Fsp3) is 0.717. The van der Waals surface area contributed by atoms with Crippen molar-refractivity contribution in [1.29, 1.82) is 0 Å². The number of ether oxygens (including phenoxy) is 2. The van der Waals surface area contributed by atoms with E-state index in [0.717, 1.165) is 89.9 Å². The van der Waals surface area contributed by atoms with E-state index in [1.807, 2.05) is 6.08 Å². The van der Waals surface area contributed by atoms with Crippen LogP contribution in [0.25, 0.3) is 0 Å². The molecule has 0 aromatic heterocycles. The summed E-state index contributed by atoms with van der Waals surface area (Å²) < 4.78 is 11.2. The first-order valence-electron chi connectivity index (χ1n) is 21.7. The molecule has 1 fully saturated rings. The Labute approximate surface area is 334 Å². The van der Waals surface area contributed by atoms with Crippen molar-refractivity contribution in [2.75, 3.05) is 13.2 Å². The number of hydrogen-bond acceptors (Lipinski definition) is 8. The van der Waals surface area contributed by atoms with E-state index in [9.17, 15) is 30.3 Å². The van der Waals surface area contributed by atoms with Crippen molar-refractivity contribution in [2.45, 2.75) is 198 Å². The highest BCUT2D eigenvalue weighted by atomic mass is 16.7. The molecule has 1 aliphatic rings. The van der Waals surface area contributed by atoms with Crippen LogP contribution in [-0.2, 0) is 14.3 Å². The highest BCUT2D eigenvalue weighted by Crippen LogP contribution is 2.22. The van der Waals surface area contributed by atoms with Crippen LogP contribution in [0.4, 0.5) is 0 Å². The zero-order chi connectivity index (χ0) is 40.2. The summed E-state index contributed by atoms with van der Waals surface area (Å²) in [6.07, 6.45) is 40.8. The average molecular weight is 774 g/mol. The lowest BCUT2D eigenvalue weighted by atomic mass is 9.99. The van der Waals surface area contributed by atoms with E-state index in [1.54, 1.807) is 6.08 Å². The molecule has 6 N–H and O–H groups in total. The lowest BCUT2D eigenvalue weighted by Gasteiger charge is -2.40. The molecule has 9 nitrogen and oxygen atoms in total. The van der Waals surface area contributed by atoms with Crippen molar-refractivity contribution in [3.05, 3.63) is 72.9 Å². The van der Waals surface area contributed by atoms with Gasteiger partial charge in [-0.05, 0) is 83.5 Å². The molecule has 1 amide bonds. The fourth-order valence-corrected chi connectivity index (χ4v) is 6.19. The van der Waals surface area contributed by atoms with Crippen LogP contribution in [0, 0.1) is 0 Å². The normalized spacial score (nSPS) is 22.1. The largest absolute Gasteiger partial charge is 0.394 e. The predicted octanol–water partition coefficient (Wildman–Crippen LogP) is 8.61. The molecule has 0 aromatic carbocycles. The van der Waals surface area contributed by atoms with Crippen LogP contribution in [0.2, 0.25) is 0 Å². The van der Waals surface area contributed by atoms with Gasteiger partial charge in [0, 0.05) is 6.42 Å². The number of allylic oxidation sites excluding steroid dienone is 11. The molecule has 0 aromatic rings.